The van der Waals surface area contributed by atoms with Gasteiger partial charge < -0.3 is 9.04 Å². The fourth-order valence-electron chi connectivity index (χ4n) is 2.62. The van der Waals surface area contributed by atoms with Crippen molar-refractivity contribution in [3.8, 4) is 0 Å². The zero-order chi connectivity index (χ0) is 21.9. The highest BCUT2D eigenvalue weighted by molar-refractivity contribution is 7.86. The molecular weight excluding hydrogens is 393 g/mol. The number of rotatable bonds is 12. The molecule has 0 heterocycles. The quantitative estimate of drug-likeness (QED) is 0.192. The van der Waals surface area contributed by atoms with Crippen molar-refractivity contribution in [1.29, 1.82) is 0 Å². The van der Waals surface area contributed by atoms with Gasteiger partial charge in [-0.25, -0.2) is 12.8 Å². The minimum Gasteiger partial charge on any atom is -0.743 e. The number of quaternary nitrogens is 1. The van der Waals surface area contributed by atoms with Crippen molar-refractivity contribution in [2.45, 2.75) is 84.1 Å². The third-order valence-corrected chi connectivity index (χ3v) is 5.99. The monoisotopic (exact) mass is 427 g/mol. The highest BCUT2D eigenvalue weighted by atomic mass is 32.2. The number of halogens is 5. The highest BCUT2D eigenvalue weighted by Gasteiger charge is 2.66. The molecule has 166 valence electrons. The normalized spacial score (nSPS) is 14.5. The zero-order valence-corrected chi connectivity index (χ0v) is 17.7. The Kier molecular flexibility index (Phi) is 12.9. The molecular formula is C17H34F5NO3S. The van der Waals surface area contributed by atoms with E-state index in [-0.39, 0.29) is 6.42 Å². The van der Waals surface area contributed by atoms with E-state index in [2.05, 4.69) is 27.7 Å². The van der Waals surface area contributed by atoms with Crippen molar-refractivity contribution in [3.63, 3.8) is 0 Å². The Morgan fingerprint density at radius 3 is 1.52 bits per heavy atom. The molecule has 1 atom stereocenters. The van der Waals surface area contributed by atoms with Gasteiger partial charge in [-0.2, -0.15) is 17.6 Å². The standard InChI is InChI=1S/C9H15F5O3S.C8H20N/c1-2-3-4-5-6-7(10)8(11,12)9(13,14)18(15,16)17;1-5-9(6-2,7-3)8-4/h7H,2-6H2,1H3,(H,15,16,17);5-8H2,1-4H3/q;+1/p-1. The second kappa shape index (κ2) is 12.2. The van der Waals surface area contributed by atoms with E-state index in [1.165, 1.54) is 30.7 Å². The van der Waals surface area contributed by atoms with Crippen molar-refractivity contribution in [1.82, 2.24) is 0 Å². The van der Waals surface area contributed by atoms with E-state index >= 15 is 0 Å². The van der Waals surface area contributed by atoms with Gasteiger partial charge in [0.1, 0.15) is 0 Å². The summed E-state index contributed by atoms with van der Waals surface area (Å²) >= 11 is 0. The molecule has 27 heavy (non-hydrogen) atoms. The maximum Gasteiger partial charge on any atom is 0.399 e. The Labute approximate surface area is 160 Å². The van der Waals surface area contributed by atoms with Gasteiger partial charge in [0.2, 0.25) is 0 Å². The van der Waals surface area contributed by atoms with E-state index in [9.17, 15) is 34.9 Å². The predicted molar refractivity (Wildman–Crippen MR) is 95.7 cm³/mol. The van der Waals surface area contributed by atoms with Gasteiger partial charge in [-0.1, -0.05) is 32.6 Å². The first-order chi connectivity index (χ1) is 12.2. The Morgan fingerprint density at radius 1 is 0.852 bits per heavy atom. The molecule has 0 aromatic rings. The fraction of sp³-hybridized carbons (Fsp3) is 1.00. The largest absolute Gasteiger partial charge is 0.743 e. The first-order valence-electron chi connectivity index (χ1n) is 9.43. The van der Waals surface area contributed by atoms with Crippen LogP contribution in [0.2, 0.25) is 0 Å². The number of unbranched alkanes of at least 4 members (excludes halogenated alkanes) is 3. The summed E-state index contributed by atoms with van der Waals surface area (Å²) in [6.07, 6.45) is -2.65. The van der Waals surface area contributed by atoms with E-state index in [1.807, 2.05) is 0 Å². The number of alkyl halides is 5. The molecule has 0 fully saturated rings. The molecule has 0 N–H and O–H groups in total. The van der Waals surface area contributed by atoms with Gasteiger partial charge in [0.25, 0.3) is 0 Å². The van der Waals surface area contributed by atoms with Crippen LogP contribution in [0.3, 0.4) is 0 Å². The molecule has 0 saturated carbocycles. The van der Waals surface area contributed by atoms with Crippen LogP contribution in [-0.4, -0.2) is 61.0 Å². The lowest BCUT2D eigenvalue weighted by atomic mass is 10.1. The summed E-state index contributed by atoms with van der Waals surface area (Å²) in [5.74, 6) is -5.51. The van der Waals surface area contributed by atoms with E-state index in [0.717, 1.165) is 6.42 Å². The Hall–Kier alpha value is -0.480. The summed E-state index contributed by atoms with van der Waals surface area (Å²) in [5.41, 5.74) is 0. The van der Waals surface area contributed by atoms with E-state index in [1.54, 1.807) is 6.92 Å². The van der Waals surface area contributed by atoms with Crippen LogP contribution in [0, 0.1) is 0 Å². The van der Waals surface area contributed by atoms with Crippen molar-refractivity contribution in [3.05, 3.63) is 0 Å². The van der Waals surface area contributed by atoms with Crippen LogP contribution in [0.15, 0.2) is 0 Å². The third-order valence-electron chi connectivity index (χ3n) is 5.09. The molecule has 0 rings (SSSR count). The maximum atomic E-state index is 13.0. The Bertz CT molecular complexity index is 479. The first-order valence-corrected chi connectivity index (χ1v) is 10.8. The van der Waals surface area contributed by atoms with Crippen LogP contribution in [0.1, 0.15) is 66.7 Å². The molecule has 0 radical (unpaired) electrons. The van der Waals surface area contributed by atoms with Crippen molar-refractivity contribution in [2.75, 3.05) is 26.2 Å². The van der Waals surface area contributed by atoms with Crippen LogP contribution in [0.4, 0.5) is 22.0 Å². The number of hydrogen-bond acceptors (Lipinski definition) is 3. The average Bonchev–Trinajstić information content (AvgIpc) is 2.60. The second-order valence-electron chi connectivity index (χ2n) is 6.52. The molecule has 0 aromatic carbocycles. The number of hydrogen-bond donors (Lipinski definition) is 0. The summed E-state index contributed by atoms with van der Waals surface area (Å²) in [4.78, 5) is 0. The lowest BCUT2D eigenvalue weighted by Gasteiger charge is -2.34. The van der Waals surface area contributed by atoms with Crippen LogP contribution < -0.4 is 0 Å². The molecule has 0 aliphatic rings. The molecule has 4 nitrogen and oxygen atoms in total. The molecule has 10 heteroatoms. The molecule has 0 aliphatic carbocycles. The average molecular weight is 428 g/mol. The lowest BCUT2D eigenvalue weighted by molar-refractivity contribution is -0.921. The molecule has 0 saturated heterocycles. The smallest absolute Gasteiger partial charge is 0.399 e. The first kappa shape index (κ1) is 28.7. The Morgan fingerprint density at radius 2 is 1.26 bits per heavy atom. The van der Waals surface area contributed by atoms with Gasteiger partial charge in [0.15, 0.2) is 16.3 Å². The predicted octanol–water partition coefficient (Wildman–Crippen LogP) is 4.95. The van der Waals surface area contributed by atoms with Crippen LogP contribution >= 0.6 is 0 Å². The van der Waals surface area contributed by atoms with E-state index in [4.69, 9.17) is 0 Å². The van der Waals surface area contributed by atoms with Crippen molar-refractivity contribution in [2.24, 2.45) is 0 Å². The van der Waals surface area contributed by atoms with Gasteiger partial charge in [0.05, 0.1) is 26.2 Å². The topological polar surface area (TPSA) is 57.2 Å². The lowest BCUT2D eigenvalue weighted by Crippen LogP contribution is -2.52. The Balaban J connectivity index is 0. The van der Waals surface area contributed by atoms with Crippen LogP contribution in [0.5, 0.6) is 0 Å². The van der Waals surface area contributed by atoms with Gasteiger partial charge in [-0.3, -0.25) is 0 Å². The minimum absolute atomic E-state index is 0.0837. The van der Waals surface area contributed by atoms with Crippen molar-refractivity contribution >= 4 is 10.1 Å². The van der Waals surface area contributed by atoms with E-state index < -0.39 is 33.9 Å². The zero-order valence-electron chi connectivity index (χ0n) is 16.9. The molecule has 0 aliphatic heterocycles. The molecule has 0 aromatic heterocycles. The SMILES string of the molecule is CCCCCCC(F)C(F)(F)C(F)(F)S(=O)(=O)[O-].CC[N+](CC)(CC)CC. The molecule has 0 amide bonds. The van der Waals surface area contributed by atoms with Gasteiger partial charge >= 0.3 is 11.2 Å². The molecule has 1 unspecified atom stereocenters. The fourth-order valence-corrected chi connectivity index (χ4v) is 3.08. The summed E-state index contributed by atoms with van der Waals surface area (Å²) in [6, 6.07) is 0. The maximum absolute atomic E-state index is 13.0. The van der Waals surface area contributed by atoms with Gasteiger partial charge in [-0.15, -0.1) is 0 Å². The summed E-state index contributed by atoms with van der Waals surface area (Å²) in [7, 11) is -6.61. The van der Waals surface area contributed by atoms with Crippen LogP contribution in [0.25, 0.3) is 0 Å². The summed E-state index contributed by atoms with van der Waals surface area (Å²) < 4.78 is 95.4. The van der Waals surface area contributed by atoms with Gasteiger partial charge in [0, 0.05) is 0 Å². The molecule has 0 spiro atoms. The molecule has 0 bridgehead atoms. The summed E-state index contributed by atoms with van der Waals surface area (Å²) in [5, 5.41) is -5.94. The van der Waals surface area contributed by atoms with E-state index in [0.29, 0.717) is 12.8 Å². The third kappa shape index (κ3) is 8.19. The highest BCUT2D eigenvalue weighted by Crippen LogP contribution is 2.43. The number of nitrogens with zero attached hydrogens (tertiary/aromatic N) is 1. The van der Waals surface area contributed by atoms with Crippen molar-refractivity contribution < 1.29 is 39.4 Å². The van der Waals surface area contributed by atoms with Crippen LogP contribution in [-0.2, 0) is 10.1 Å². The van der Waals surface area contributed by atoms with Gasteiger partial charge in [-0.05, 0) is 34.1 Å². The second-order valence-corrected chi connectivity index (χ2v) is 7.94. The summed E-state index contributed by atoms with van der Waals surface area (Å²) in [6.45, 7) is 16.0. The minimum atomic E-state index is -6.61.